The molecule has 1 aromatic carbocycles. The Morgan fingerprint density at radius 1 is 1.25 bits per heavy atom. The second-order valence-electron chi connectivity index (χ2n) is 7.39. The molecule has 0 radical (unpaired) electrons. The molecule has 28 heavy (non-hydrogen) atoms. The van der Waals surface area contributed by atoms with Crippen LogP contribution >= 0.6 is 0 Å². The zero-order valence-corrected chi connectivity index (χ0v) is 16.5. The summed E-state index contributed by atoms with van der Waals surface area (Å²) in [7, 11) is 1.87. The number of likely N-dealkylation sites (tertiary alicyclic amines) is 1. The molecule has 4 rings (SSSR count). The number of benzene rings is 1. The van der Waals surface area contributed by atoms with Gasteiger partial charge >= 0.3 is 0 Å². The molecule has 1 aliphatic rings. The maximum atomic E-state index is 13.3. The Bertz CT molecular complexity index is 946. The van der Waals surface area contributed by atoms with Crippen molar-refractivity contribution in [2.45, 2.75) is 45.2 Å². The molecule has 7 heteroatoms. The second-order valence-corrected chi connectivity index (χ2v) is 7.39. The van der Waals surface area contributed by atoms with Crippen LogP contribution in [0.1, 0.15) is 41.9 Å². The van der Waals surface area contributed by atoms with E-state index in [1.54, 1.807) is 10.9 Å². The Labute approximate surface area is 165 Å². The number of aryl methyl sites for hydroxylation is 3. The van der Waals surface area contributed by atoms with Crippen LogP contribution in [-0.4, -0.2) is 47.9 Å². The molecule has 0 N–H and O–H groups in total. The van der Waals surface area contributed by atoms with E-state index in [0.717, 1.165) is 49.6 Å². The molecule has 146 valence electrons. The fourth-order valence-corrected chi connectivity index (χ4v) is 4.00. The number of hydrogen-bond acceptors (Lipinski definition) is 4. The maximum Gasteiger partial charge on any atom is 0.254 e. The Balaban J connectivity index is 1.53. The normalized spacial score (nSPS) is 17.1. The number of rotatable bonds is 5. The largest absolute Gasteiger partial charge is 0.336 e. The maximum absolute atomic E-state index is 13.3. The average Bonchev–Trinajstić information content (AvgIpc) is 3.35. The first-order valence-corrected chi connectivity index (χ1v) is 9.88. The predicted molar refractivity (Wildman–Crippen MR) is 107 cm³/mol. The van der Waals surface area contributed by atoms with Gasteiger partial charge < -0.3 is 4.90 Å². The molecule has 0 spiro atoms. The lowest BCUT2D eigenvalue weighted by Gasteiger charge is -2.36. The number of aromatic nitrogens is 5. The van der Waals surface area contributed by atoms with Crippen LogP contribution in [0.25, 0.3) is 11.4 Å². The van der Waals surface area contributed by atoms with E-state index < -0.39 is 0 Å². The Morgan fingerprint density at radius 3 is 2.89 bits per heavy atom. The lowest BCUT2D eigenvalue weighted by Crippen LogP contribution is -2.44. The van der Waals surface area contributed by atoms with Gasteiger partial charge in [-0.05, 0) is 50.8 Å². The minimum atomic E-state index is 0.103. The van der Waals surface area contributed by atoms with Crippen molar-refractivity contribution in [1.82, 2.24) is 29.4 Å². The highest BCUT2D eigenvalue weighted by molar-refractivity contribution is 5.95. The van der Waals surface area contributed by atoms with Gasteiger partial charge in [-0.25, -0.2) is 9.67 Å². The zero-order valence-electron chi connectivity index (χ0n) is 16.5. The molecule has 1 saturated heterocycles. The highest BCUT2D eigenvalue weighted by atomic mass is 16.2. The van der Waals surface area contributed by atoms with Crippen molar-refractivity contribution in [1.29, 1.82) is 0 Å². The fraction of sp³-hybridized carbons (Fsp3) is 0.429. The van der Waals surface area contributed by atoms with Crippen molar-refractivity contribution in [2.24, 2.45) is 7.05 Å². The summed E-state index contributed by atoms with van der Waals surface area (Å²) in [6.45, 7) is 3.52. The molecule has 1 fully saturated rings. The number of nitrogens with zero attached hydrogens (tertiary/aromatic N) is 6. The van der Waals surface area contributed by atoms with Gasteiger partial charge in [0.15, 0.2) is 5.82 Å². The van der Waals surface area contributed by atoms with Gasteiger partial charge in [-0.1, -0.05) is 12.1 Å². The van der Waals surface area contributed by atoms with Crippen LogP contribution in [0.2, 0.25) is 0 Å². The smallest absolute Gasteiger partial charge is 0.254 e. The average molecular weight is 378 g/mol. The van der Waals surface area contributed by atoms with Crippen LogP contribution in [0.5, 0.6) is 0 Å². The molecule has 0 aliphatic carbocycles. The second kappa shape index (κ2) is 7.96. The van der Waals surface area contributed by atoms with Crippen LogP contribution in [0.4, 0.5) is 0 Å². The number of amides is 1. The van der Waals surface area contributed by atoms with Crippen LogP contribution < -0.4 is 0 Å². The van der Waals surface area contributed by atoms with Crippen LogP contribution in [0, 0.1) is 6.92 Å². The molecule has 1 amide bonds. The Kier molecular flexibility index (Phi) is 5.23. The van der Waals surface area contributed by atoms with Crippen LogP contribution in [0.15, 0.2) is 42.7 Å². The monoisotopic (exact) mass is 378 g/mol. The topological polar surface area (TPSA) is 68.8 Å². The molecule has 1 atom stereocenters. The Hall–Kier alpha value is -2.96. The molecule has 3 heterocycles. The van der Waals surface area contributed by atoms with Gasteiger partial charge in [-0.15, -0.1) is 0 Å². The minimum absolute atomic E-state index is 0.103. The lowest BCUT2D eigenvalue weighted by molar-refractivity contribution is 0.0594. The number of hydrogen-bond donors (Lipinski definition) is 0. The number of piperidine rings is 1. The van der Waals surface area contributed by atoms with Gasteiger partial charge in [0.05, 0.1) is 0 Å². The summed E-state index contributed by atoms with van der Waals surface area (Å²) in [6, 6.07) is 9.93. The molecule has 7 nitrogen and oxygen atoms in total. The van der Waals surface area contributed by atoms with Crippen molar-refractivity contribution in [2.75, 3.05) is 6.54 Å². The third kappa shape index (κ3) is 3.83. The van der Waals surface area contributed by atoms with Crippen molar-refractivity contribution < 1.29 is 4.79 Å². The molecule has 0 saturated carbocycles. The van der Waals surface area contributed by atoms with E-state index in [-0.39, 0.29) is 11.9 Å². The number of carbonyl (C=O) groups excluding carboxylic acids is 1. The summed E-state index contributed by atoms with van der Waals surface area (Å²) >= 11 is 0. The van der Waals surface area contributed by atoms with Gasteiger partial charge in [-0.3, -0.25) is 9.48 Å². The van der Waals surface area contributed by atoms with E-state index in [1.807, 2.05) is 60.1 Å². The first-order valence-electron chi connectivity index (χ1n) is 9.88. The van der Waals surface area contributed by atoms with Crippen molar-refractivity contribution in [3.63, 3.8) is 0 Å². The summed E-state index contributed by atoms with van der Waals surface area (Å²) in [5.41, 5.74) is 1.63. The lowest BCUT2D eigenvalue weighted by atomic mass is 9.97. The molecule has 3 aromatic rings. The van der Waals surface area contributed by atoms with E-state index >= 15 is 0 Å². The van der Waals surface area contributed by atoms with Gasteiger partial charge in [-0.2, -0.15) is 10.2 Å². The first kappa shape index (κ1) is 18.4. The summed E-state index contributed by atoms with van der Waals surface area (Å²) < 4.78 is 3.70. The molecular formula is C21H26N6O. The van der Waals surface area contributed by atoms with E-state index in [4.69, 9.17) is 0 Å². The van der Waals surface area contributed by atoms with E-state index in [1.165, 1.54) is 6.42 Å². The van der Waals surface area contributed by atoms with E-state index in [0.29, 0.717) is 5.56 Å². The third-order valence-corrected chi connectivity index (χ3v) is 5.38. The van der Waals surface area contributed by atoms with Gasteiger partial charge in [0.1, 0.15) is 5.82 Å². The Morgan fingerprint density at radius 2 is 2.14 bits per heavy atom. The molecule has 1 unspecified atom stereocenters. The van der Waals surface area contributed by atoms with Crippen molar-refractivity contribution in [3.05, 3.63) is 54.1 Å². The first-order chi connectivity index (χ1) is 13.6. The predicted octanol–water partition coefficient (Wildman–Crippen LogP) is 3.07. The minimum Gasteiger partial charge on any atom is -0.336 e. The van der Waals surface area contributed by atoms with Crippen molar-refractivity contribution in [3.8, 4) is 11.4 Å². The fourth-order valence-electron chi connectivity index (χ4n) is 4.00. The third-order valence-electron chi connectivity index (χ3n) is 5.38. The summed E-state index contributed by atoms with van der Waals surface area (Å²) in [5, 5.41) is 8.60. The summed E-state index contributed by atoms with van der Waals surface area (Å²) in [5.74, 6) is 1.61. The molecule has 0 bridgehead atoms. The van der Waals surface area contributed by atoms with Gasteiger partial charge in [0, 0.05) is 49.7 Å². The SMILES string of the molecule is Cc1nc(-c2cccc(C(=O)N3CCCCC3CCn3cccn3)c2)n(C)n1. The van der Waals surface area contributed by atoms with Crippen LogP contribution in [-0.2, 0) is 13.6 Å². The van der Waals surface area contributed by atoms with Gasteiger partial charge in [0.2, 0.25) is 0 Å². The molecular weight excluding hydrogens is 352 g/mol. The molecule has 2 aromatic heterocycles. The molecule has 1 aliphatic heterocycles. The quantitative estimate of drug-likeness (QED) is 0.684. The number of carbonyl (C=O) groups is 1. The zero-order chi connectivity index (χ0) is 19.5. The van der Waals surface area contributed by atoms with Crippen molar-refractivity contribution >= 4 is 5.91 Å². The highest BCUT2D eigenvalue weighted by Gasteiger charge is 2.27. The van der Waals surface area contributed by atoms with Crippen LogP contribution in [0.3, 0.4) is 0 Å². The summed E-state index contributed by atoms with van der Waals surface area (Å²) in [6.07, 6.45) is 7.98. The summed E-state index contributed by atoms with van der Waals surface area (Å²) in [4.78, 5) is 19.8. The standard InChI is InChI=1S/C21H26N6O/c1-16-23-20(25(2)24-16)17-7-5-8-18(15-17)21(28)27-13-4-3-9-19(27)10-14-26-12-6-11-22-26/h5-8,11-12,15,19H,3-4,9-10,13-14H2,1-2H3. The van der Waals surface area contributed by atoms with E-state index in [2.05, 4.69) is 15.2 Å². The van der Waals surface area contributed by atoms with E-state index in [9.17, 15) is 4.79 Å². The highest BCUT2D eigenvalue weighted by Crippen LogP contribution is 2.24. The van der Waals surface area contributed by atoms with Gasteiger partial charge in [0.25, 0.3) is 5.91 Å².